The minimum Gasteiger partial charge on any atom is -0.362 e. The second-order valence-corrected chi connectivity index (χ2v) is 2.40. The Kier molecular flexibility index (Phi) is 6.91. The quantitative estimate of drug-likeness (QED) is 0.577. The molecule has 0 fully saturated rings. The minimum absolute atomic E-state index is 0.0645. The van der Waals surface area contributed by atoms with Gasteiger partial charge in [0.2, 0.25) is 11.8 Å². The van der Waals surface area contributed by atoms with Gasteiger partial charge in [0, 0.05) is 13.1 Å². The maximum absolute atomic E-state index is 10.8. The molecule has 0 heterocycles. The molecule has 76 valence electrons. The number of hydrogen-bond acceptors (Lipinski definition) is 3. The van der Waals surface area contributed by atoms with Crippen LogP contribution >= 0.6 is 0 Å². The molecule has 2 amide bonds. The third kappa shape index (κ3) is 7.27. The number of likely N-dealkylation sites (N-methyl/N-ethyl adjacent to an activating group) is 2. The van der Waals surface area contributed by atoms with Crippen LogP contribution in [0.3, 0.4) is 0 Å². The lowest BCUT2D eigenvalue weighted by molar-refractivity contribution is -0.130. The van der Waals surface area contributed by atoms with E-state index in [0.29, 0.717) is 13.1 Å². The maximum Gasteiger partial charge on any atom is 0.246 e. The van der Waals surface area contributed by atoms with Crippen molar-refractivity contribution >= 4 is 11.8 Å². The van der Waals surface area contributed by atoms with Crippen LogP contribution in [0.2, 0.25) is 0 Å². The molecule has 0 aromatic rings. The van der Waals surface area contributed by atoms with E-state index in [0.717, 1.165) is 0 Å². The van der Waals surface area contributed by atoms with Gasteiger partial charge in [-0.1, -0.05) is 0 Å². The molecule has 0 radical (unpaired) electrons. The molecule has 0 saturated carbocycles. The summed E-state index contributed by atoms with van der Waals surface area (Å²) in [6, 6.07) is 0. The number of nitrogens with one attached hydrogen (secondary N) is 2. The van der Waals surface area contributed by atoms with Gasteiger partial charge in [-0.15, -0.1) is 0 Å². The van der Waals surface area contributed by atoms with Gasteiger partial charge < -0.3 is 15.4 Å². The average molecular weight is 188 g/mol. The molecule has 13 heavy (non-hydrogen) atoms. The molecular weight excluding hydrogens is 172 g/mol. The molecular formula is C8H16N2O3. The van der Waals surface area contributed by atoms with Crippen molar-refractivity contribution < 1.29 is 14.3 Å². The zero-order chi connectivity index (χ0) is 10.1. The third-order valence-electron chi connectivity index (χ3n) is 1.21. The number of carbonyl (C=O) groups excluding carboxylic acids is 2. The van der Waals surface area contributed by atoms with E-state index in [1.807, 2.05) is 13.8 Å². The molecule has 0 atom stereocenters. The van der Waals surface area contributed by atoms with E-state index in [-0.39, 0.29) is 25.0 Å². The standard InChI is InChI=1S/C8H16N2O3/c1-3-9-7(11)5-13-6-8(12)10-4-2/h3-6H2,1-2H3,(H,9,11)(H,10,12). The van der Waals surface area contributed by atoms with Crippen LogP contribution in [-0.2, 0) is 14.3 Å². The van der Waals surface area contributed by atoms with Gasteiger partial charge in [0.15, 0.2) is 0 Å². The molecule has 0 saturated heterocycles. The molecule has 0 aliphatic rings. The highest BCUT2D eigenvalue weighted by Crippen LogP contribution is 1.76. The Morgan fingerprint density at radius 3 is 1.69 bits per heavy atom. The number of ether oxygens (including phenoxy) is 1. The van der Waals surface area contributed by atoms with Crippen LogP contribution in [0.5, 0.6) is 0 Å². The number of carbonyl (C=O) groups is 2. The average Bonchev–Trinajstić information content (AvgIpc) is 2.05. The van der Waals surface area contributed by atoms with E-state index >= 15 is 0 Å². The lowest BCUT2D eigenvalue weighted by Crippen LogP contribution is -2.31. The van der Waals surface area contributed by atoms with Crippen molar-refractivity contribution in [3.05, 3.63) is 0 Å². The fraction of sp³-hybridized carbons (Fsp3) is 0.750. The smallest absolute Gasteiger partial charge is 0.246 e. The molecule has 0 unspecified atom stereocenters. The fourth-order valence-electron chi connectivity index (χ4n) is 0.733. The second-order valence-electron chi connectivity index (χ2n) is 2.40. The Morgan fingerprint density at radius 2 is 1.38 bits per heavy atom. The summed E-state index contributed by atoms with van der Waals surface area (Å²) in [5.41, 5.74) is 0. The summed E-state index contributed by atoms with van der Waals surface area (Å²) in [6.45, 7) is 4.66. The number of hydrogen-bond donors (Lipinski definition) is 2. The van der Waals surface area contributed by atoms with E-state index in [9.17, 15) is 9.59 Å². The first-order valence-electron chi connectivity index (χ1n) is 4.31. The van der Waals surface area contributed by atoms with Crippen LogP contribution in [0.1, 0.15) is 13.8 Å². The summed E-state index contributed by atoms with van der Waals surface area (Å²) in [5.74, 6) is -0.404. The third-order valence-corrected chi connectivity index (χ3v) is 1.21. The molecule has 0 aromatic carbocycles. The monoisotopic (exact) mass is 188 g/mol. The van der Waals surface area contributed by atoms with Gasteiger partial charge in [-0.25, -0.2) is 0 Å². The number of rotatable bonds is 6. The Labute approximate surface area is 77.8 Å². The molecule has 0 rings (SSSR count). The van der Waals surface area contributed by atoms with Crippen LogP contribution in [0.15, 0.2) is 0 Å². The molecule has 0 bridgehead atoms. The fourth-order valence-corrected chi connectivity index (χ4v) is 0.733. The Hall–Kier alpha value is -1.10. The molecule has 0 aromatic heterocycles. The maximum atomic E-state index is 10.8. The van der Waals surface area contributed by atoms with Gasteiger partial charge in [0.05, 0.1) is 0 Å². The second kappa shape index (κ2) is 7.54. The van der Waals surface area contributed by atoms with E-state index < -0.39 is 0 Å². The highest BCUT2D eigenvalue weighted by atomic mass is 16.5. The van der Waals surface area contributed by atoms with Crippen LogP contribution in [0.25, 0.3) is 0 Å². The molecule has 2 N–H and O–H groups in total. The Balaban J connectivity index is 3.33. The van der Waals surface area contributed by atoms with Crippen molar-refractivity contribution in [1.29, 1.82) is 0 Å². The topological polar surface area (TPSA) is 67.4 Å². The van der Waals surface area contributed by atoms with Crippen LogP contribution in [0, 0.1) is 0 Å². The van der Waals surface area contributed by atoms with Crippen LogP contribution in [-0.4, -0.2) is 38.1 Å². The SMILES string of the molecule is CCNC(=O)COCC(=O)NCC. The van der Waals surface area contributed by atoms with Gasteiger partial charge >= 0.3 is 0 Å². The normalized spacial score (nSPS) is 9.38. The molecule has 5 heteroatoms. The van der Waals surface area contributed by atoms with Gasteiger partial charge in [-0.05, 0) is 13.8 Å². The first kappa shape index (κ1) is 11.9. The van der Waals surface area contributed by atoms with Crippen molar-refractivity contribution in [3.63, 3.8) is 0 Å². The van der Waals surface area contributed by atoms with Gasteiger partial charge in [-0.2, -0.15) is 0 Å². The summed E-state index contributed by atoms with van der Waals surface area (Å²) in [6.07, 6.45) is 0. The van der Waals surface area contributed by atoms with Crippen molar-refractivity contribution in [2.45, 2.75) is 13.8 Å². The summed E-state index contributed by atoms with van der Waals surface area (Å²) in [4.78, 5) is 21.6. The van der Waals surface area contributed by atoms with Crippen molar-refractivity contribution in [3.8, 4) is 0 Å². The first-order chi connectivity index (χ1) is 6.20. The van der Waals surface area contributed by atoms with Gasteiger partial charge in [0.25, 0.3) is 0 Å². The zero-order valence-corrected chi connectivity index (χ0v) is 8.05. The van der Waals surface area contributed by atoms with Crippen LogP contribution < -0.4 is 10.6 Å². The predicted molar refractivity (Wildman–Crippen MR) is 48.2 cm³/mol. The van der Waals surface area contributed by atoms with E-state index in [1.54, 1.807) is 0 Å². The summed E-state index contributed by atoms with van der Waals surface area (Å²) in [5, 5.41) is 5.11. The van der Waals surface area contributed by atoms with Crippen molar-refractivity contribution in [1.82, 2.24) is 10.6 Å². The molecule has 0 spiro atoms. The van der Waals surface area contributed by atoms with Crippen LogP contribution in [0.4, 0.5) is 0 Å². The summed E-state index contributed by atoms with van der Waals surface area (Å²) < 4.78 is 4.84. The highest BCUT2D eigenvalue weighted by Gasteiger charge is 2.02. The largest absolute Gasteiger partial charge is 0.362 e. The lowest BCUT2D eigenvalue weighted by atomic mass is 10.5. The van der Waals surface area contributed by atoms with Crippen molar-refractivity contribution in [2.75, 3.05) is 26.3 Å². The van der Waals surface area contributed by atoms with E-state index in [1.165, 1.54) is 0 Å². The molecule has 0 aliphatic carbocycles. The summed E-state index contributed by atoms with van der Waals surface area (Å²) in [7, 11) is 0. The highest BCUT2D eigenvalue weighted by molar-refractivity contribution is 5.79. The summed E-state index contributed by atoms with van der Waals surface area (Å²) >= 11 is 0. The minimum atomic E-state index is -0.202. The lowest BCUT2D eigenvalue weighted by Gasteiger charge is -2.04. The van der Waals surface area contributed by atoms with Gasteiger partial charge in [-0.3, -0.25) is 9.59 Å². The zero-order valence-electron chi connectivity index (χ0n) is 8.05. The van der Waals surface area contributed by atoms with Crippen molar-refractivity contribution in [2.24, 2.45) is 0 Å². The van der Waals surface area contributed by atoms with Gasteiger partial charge in [0.1, 0.15) is 13.2 Å². The molecule has 5 nitrogen and oxygen atoms in total. The van der Waals surface area contributed by atoms with E-state index in [2.05, 4.69) is 10.6 Å². The number of amides is 2. The Morgan fingerprint density at radius 1 is 1.00 bits per heavy atom. The predicted octanol–water partition coefficient (Wildman–Crippen LogP) is -0.725. The Bertz CT molecular complexity index is 153. The first-order valence-corrected chi connectivity index (χ1v) is 4.31. The van der Waals surface area contributed by atoms with E-state index in [4.69, 9.17) is 4.74 Å². The molecule has 0 aliphatic heterocycles.